The van der Waals surface area contributed by atoms with Gasteiger partial charge in [0.2, 0.25) is 5.91 Å². The third kappa shape index (κ3) is 7.49. The number of hydrogen-bond donors (Lipinski definition) is 1. The Labute approximate surface area is 218 Å². The van der Waals surface area contributed by atoms with Crippen LogP contribution in [0.25, 0.3) is 0 Å². The second-order valence-corrected chi connectivity index (χ2v) is 9.37. The van der Waals surface area contributed by atoms with E-state index in [1.807, 2.05) is 49.4 Å². The Kier molecular flexibility index (Phi) is 9.81. The Morgan fingerprint density at radius 2 is 1.71 bits per heavy atom. The molecule has 0 aliphatic heterocycles. The van der Waals surface area contributed by atoms with Crippen LogP contribution in [0.3, 0.4) is 0 Å². The van der Waals surface area contributed by atoms with Crippen LogP contribution >= 0.6 is 39.1 Å². The van der Waals surface area contributed by atoms with Gasteiger partial charge in [0.05, 0.1) is 5.02 Å². The van der Waals surface area contributed by atoms with E-state index in [-0.39, 0.29) is 25.0 Å². The summed E-state index contributed by atoms with van der Waals surface area (Å²) >= 11 is 15.6. The number of likely N-dealkylation sites (N-methyl/N-ethyl adjacent to an activating group) is 1. The molecule has 3 rings (SSSR count). The summed E-state index contributed by atoms with van der Waals surface area (Å²) in [6, 6.07) is 21.3. The molecule has 1 N–H and O–H groups in total. The predicted molar refractivity (Wildman–Crippen MR) is 139 cm³/mol. The van der Waals surface area contributed by atoms with E-state index in [1.165, 1.54) is 0 Å². The highest BCUT2D eigenvalue weighted by Crippen LogP contribution is 2.28. The molecule has 0 spiro atoms. The number of benzene rings is 3. The molecule has 0 heterocycles. The monoisotopic (exact) mass is 562 g/mol. The zero-order valence-corrected chi connectivity index (χ0v) is 21.7. The van der Waals surface area contributed by atoms with Gasteiger partial charge in [0.25, 0.3) is 5.91 Å². The summed E-state index contributed by atoms with van der Waals surface area (Å²) in [5, 5.41) is 3.85. The van der Waals surface area contributed by atoms with Crippen LogP contribution in [0.4, 0.5) is 0 Å². The maximum absolute atomic E-state index is 13.4. The summed E-state index contributed by atoms with van der Waals surface area (Å²) in [5.74, 6) is -0.168. The van der Waals surface area contributed by atoms with Gasteiger partial charge < -0.3 is 15.0 Å². The number of halogens is 3. The highest BCUT2D eigenvalue weighted by molar-refractivity contribution is 9.10. The third-order valence-corrected chi connectivity index (χ3v) is 6.17. The normalized spacial score (nSPS) is 11.5. The van der Waals surface area contributed by atoms with Crippen molar-refractivity contribution in [2.75, 3.05) is 13.2 Å². The Bertz CT molecular complexity index is 1110. The van der Waals surface area contributed by atoms with Gasteiger partial charge >= 0.3 is 0 Å². The molecular formula is C26H25BrCl2N2O3. The molecule has 2 amide bonds. The topological polar surface area (TPSA) is 58.6 Å². The van der Waals surface area contributed by atoms with Crippen molar-refractivity contribution in [2.24, 2.45) is 0 Å². The first-order chi connectivity index (χ1) is 16.4. The number of nitrogens with zero attached hydrogens (tertiary/aromatic N) is 1. The Balaban J connectivity index is 1.89. The van der Waals surface area contributed by atoms with Gasteiger partial charge in [-0.05, 0) is 48.4 Å². The van der Waals surface area contributed by atoms with E-state index in [9.17, 15) is 9.59 Å². The van der Waals surface area contributed by atoms with Gasteiger partial charge in [-0.15, -0.1) is 0 Å². The van der Waals surface area contributed by atoms with Crippen molar-refractivity contribution < 1.29 is 14.3 Å². The number of carbonyl (C=O) groups excluding carboxylic acids is 2. The molecule has 1 atom stereocenters. The van der Waals surface area contributed by atoms with Crippen molar-refractivity contribution in [3.8, 4) is 5.75 Å². The third-order valence-electron chi connectivity index (χ3n) is 5.13. The number of ether oxygens (including phenoxy) is 1. The number of nitrogens with one attached hydrogen (secondary N) is 1. The fraction of sp³-hybridized carbons (Fsp3) is 0.231. The average molecular weight is 564 g/mol. The largest absolute Gasteiger partial charge is 0.482 e. The predicted octanol–water partition coefficient (Wildman–Crippen LogP) is 5.91. The average Bonchev–Trinajstić information content (AvgIpc) is 2.82. The van der Waals surface area contributed by atoms with Crippen molar-refractivity contribution in [1.29, 1.82) is 0 Å². The number of hydrogen-bond acceptors (Lipinski definition) is 3. The van der Waals surface area contributed by atoms with E-state index in [0.717, 1.165) is 15.6 Å². The molecule has 178 valence electrons. The van der Waals surface area contributed by atoms with E-state index < -0.39 is 6.04 Å². The molecule has 0 radical (unpaired) electrons. The molecule has 0 saturated heterocycles. The number of carbonyl (C=O) groups is 2. The molecule has 0 aliphatic rings. The first-order valence-corrected chi connectivity index (χ1v) is 12.4. The van der Waals surface area contributed by atoms with Crippen molar-refractivity contribution in [1.82, 2.24) is 10.2 Å². The molecule has 0 fully saturated rings. The van der Waals surface area contributed by atoms with E-state index in [0.29, 0.717) is 28.8 Å². The Morgan fingerprint density at radius 3 is 2.35 bits per heavy atom. The van der Waals surface area contributed by atoms with E-state index >= 15 is 0 Å². The van der Waals surface area contributed by atoms with Crippen LogP contribution < -0.4 is 10.1 Å². The van der Waals surface area contributed by atoms with E-state index in [1.54, 1.807) is 35.2 Å². The molecule has 0 bridgehead atoms. The van der Waals surface area contributed by atoms with Gasteiger partial charge in [-0.2, -0.15) is 0 Å². The summed E-state index contributed by atoms with van der Waals surface area (Å²) in [5.41, 5.74) is 1.80. The number of amides is 2. The van der Waals surface area contributed by atoms with Crippen LogP contribution in [-0.2, 0) is 22.6 Å². The highest BCUT2D eigenvalue weighted by Gasteiger charge is 2.30. The van der Waals surface area contributed by atoms with Crippen LogP contribution in [0.15, 0.2) is 77.3 Å². The fourth-order valence-corrected chi connectivity index (χ4v) is 4.30. The van der Waals surface area contributed by atoms with Crippen molar-refractivity contribution >= 4 is 50.9 Å². The Hall–Kier alpha value is -2.54. The summed E-state index contributed by atoms with van der Waals surface area (Å²) in [6.07, 6.45) is 0.366. The van der Waals surface area contributed by atoms with Gasteiger partial charge in [0.15, 0.2) is 6.61 Å². The standard InChI is InChI=1S/C26H25BrCl2N2O3/c1-2-30-26(33)23(14-18-6-4-3-5-7-18)31(16-19-8-11-21(28)12-9-19)25(32)17-34-24-13-10-20(27)15-22(24)29/h3-13,15,23H,2,14,16-17H2,1H3,(H,30,33)/t23-/m0/s1. The first kappa shape index (κ1) is 26.1. The van der Waals surface area contributed by atoms with Crippen LogP contribution in [0.2, 0.25) is 10.0 Å². The molecule has 0 saturated carbocycles. The lowest BCUT2D eigenvalue weighted by Gasteiger charge is -2.31. The minimum absolute atomic E-state index is 0.224. The zero-order valence-electron chi connectivity index (χ0n) is 18.6. The summed E-state index contributed by atoms with van der Waals surface area (Å²) < 4.78 is 6.54. The maximum Gasteiger partial charge on any atom is 0.261 e. The lowest BCUT2D eigenvalue weighted by Crippen LogP contribution is -2.51. The molecule has 0 unspecified atom stereocenters. The molecule has 8 heteroatoms. The molecular weight excluding hydrogens is 539 g/mol. The smallest absolute Gasteiger partial charge is 0.261 e. The molecule has 5 nitrogen and oxygen atoms in total. The van der Waals surface area contributed by atoms with Crippen LogP contribution in [0.1, 0.15) is 18.1 Å². The SMILES string of the molecule is CCNC(=O)[C@H](Cc1ccccc1)N(Cc1ccc(Cl)cc1)C(=O)COc1ccc(Br)cc1Cl. The highest BCUT2D eigenvalue weighted by atomic mass is 79.9. The van der Waals surface area contributed by atoms with Crippen molar-refractivity contribution in [3.05, 3.63) is 98.4 Å². The van der Waals surface area contributed by atoms with Gasteiger partial charge in [-0.25, -0.2) is 0 Å². The summed E-state index contributed by atoms with van der Waals surface area (Å²) in [7, 11) is 0. The molecule has 0 aromatic heterocycles. The second-order valence-electron chi connectivity index (χ2n) is 7.61. The van der Waals surface area contributed by atoms with E-state index in [2.05, 4.69) is 21.2 Å². The molecule has 3 aromatic carbocycles. The van der Waals surface area contributed by atoms with Crippen LogP contribution in [-0.4, -0.2) is 35.9 Å². The molecule has 3 aromatic rings. The van der Waals surface area contributed by atoms with Gasteiger partial charge in [-0.3, -0.25) is 9.59 Å². The zero-order chi connectivity index (χ0) is 24.5. The van der Waals surface area contributed by atoms with Crippen molar-refractivity contribution in [2.45, 2.75) is 25.9 Å². The van der Waals surface area contributed by atoms with Gasteiger partial charge in [0.1, 0.15) is 11.8 Å². The van der Waals surface area contributed by atoms with Gasteiger partial charge in [-0.1, -0.05) is 81.6 Å². The van der Waals surface area contributed by atoms with Crippen LogP contribution in [0, 0.1) is 0 Å². The van der Waals surface area contributed by atoms with E-state index in [4.69, 9.17) is 27.9 Å². The summed E-state index contributed by atoms with van der Waals surface area (Å²) in [6.45, 7) is 2.27. The summed E-state index contributed by atoms with van der Waals surface area (Å²) in [4.78, 5) is 28.1. The lowest BCUT2D eigenvalue weighted by atomic mass is 10.0. The van der Waals surface area contributed by atoms with Crippen LogP contribution in [0.5, 0.6) is 5.75 Å². The quantitative estimate of drug-likeness (QED) is 0.333. The molecule has 0 aliphatic carbocycles. The minimum atomic E-state index is -0.727. The molecule has 34 heavy (non-hydrogen) atoms. The number of rotatable bonds is 10. The minimum Gasteiger partial charge on any atom is -0.482 e. The Morgan fingerprint density at radius 1 is 1.00 bits per heavy atom. The first-order valence-electron chi connectivity index (χ1n) is 10.8. The fourth-order valence-electron chi connectivity index (χ4n) is 3.45. The maximum atomic E-state index is 13.4. The lowest BCUT2D eigenvalue weighted by molar-refractivity contribution is -0.142. The second kappa shape index (κ2) is 12.8. The van der Waals surface area contributed by atoms with Gasteiger partial charge in [0, 0.05) is 29.0 Å². The van der Waals surface area contributed by atoms with Crippen molar-refractivity contribution in [3.63, 3.8) is 0 Å².